The van der Waals surface area contributed by atoms with Crippen LogP contribution in [-0.4, -0.2) is 23.9 Å². The fourth-order valence-electron chi connectivity index (χ4n) is 4.06. The summed E-state index contributed by atoms with van der Waals surface area (Å²) in [7, 11) is 0. The van der Waals surface area contributed by atoms with E-state index in [4.69, 9.17) is 19.3 Å². The van der Waals surface area contributed by atoms with Crippen molar-refractivity contribution < 1.29 is 14.2 Å². The zero-order chi connectivity index (χ0) is 20.5. The minimum absolute atomic E-state index is 0.114. The molecule has 3 heterocycles. The van der Waals surface area contributed by atoms with Gasteiger partial charge in [-0.15, -0.1) is 11.3 Å². The van der Waals surface area contributed by atoms with Gasteiger partial charge in [0.1, 0.15) is 5.75 Å². The molecule has 0 saturated heterocycles. The molecule has 30 heavy (non-hydrogen) atoms. The lowest BCUT2D eigenvalue weighted by Crippen LogP contribution is -2.33. The first kappa shape index (κ1) is 19.0. The number of rotatable bonds is 6. The Hall–Kier alpha value is -2.99. The molecule has 1 aromatic heterocycles. The molecule has 0 spiro atoms. The van der Waals surface area contributed by atoms with Gasteiger partial charge in [0.25, 0.3) is 0 Å². The van der Waals surface area contributed by atoms with E-state index in [9.17, 15) is 0 Å². The molecule has 6 heteroatoms. The van der Waals surface area contributed by atoms with Gasteiger partial charge in [0.2, 0.25) is 6.23 Å². The molecule has 0 saturated carbocycles. The van der Waals surface area contributed by atoms with E-state index in [1.807, 2.05) is 38.1 Å². The van der Waals surface area contributed by atoms with Gasteiger partial charge in [0.05, 0.1) is 29.8 Å². The Balaban J connectivity index is 1.57. The van der Waals surface area contributed by atoms with Crippen LogP contribution in [0, 0.1) is 0 Å². The van der Waals surface area contributed by atoms with E-state index in [0.717, 1.165) is 40.5 Å². The minimum atomic E-state index is -0.322. The van der Waals surface area contributed by atoms with Gasteiger partial charge in [-0.1, -0.05) is 18.2 Å². The maximum absolute atomic E-state index is 6.54. The lowest BCUT2D eigenvalue weighted by molar-refractivity contribution is -0.0212. The molecular formula is C24H24N2O3S. The van der Waals surface area contributed by atoms with Crippen LogP contribution in [0.4, 0.5) is 0 Å². The number of thiophene rings is 1. The molecule has 0 amide bonds. The molecule has 2 aliphatic heterocycles. The maximum Gasteiger partial charge on any atom is 0.214 e. The second kappa shape index (κ2) is 8.03. The summed E-state index contributed by atoms with van der Waals surface area (Å²) >= 11 is 1.72. The summed E-state index contributed by atoms with van der Waals surface area (Å²) < 4.78 is 18.0. The van der Waals surface area contributed by atoms with Crippen LogP contribution < -0.4 is 14.2 Å². The van der Waals surface area contributed by atoms with Crippen LogP contribution in [-0.2, 0) is 0 Å². The number of hydrazone groups is 1. The summed E-state index contributed by atoms with van der Waals surface area (Å²) in [6, 6.07) is 18.5. The van der Waals surface area contributed by atoms with Crippen molar-refractivity contribution in [2.75, 3.05) is 13.2 Å². The van der Waals surface area contributed by atoms with Gasteiger partial charge in [-0.25, -0.2) is 5.01 Å². The van der Waals surface area contributed by atoms with Gasteiger partial charge in [-0.05, 0) is 55.6 Å². The Labute approximate surface area is 180 Å². The zero-order valence-corrected chi connectivity index (χ0v) is 17.9. The van der Waals surface area contributed by atoms with Crippen molar-refractivity contribution in [3.05, 3.63) is 76.0 Å². The maximum atomic E-state index is 6.54. The largest absolute Gasteiger partial charge is 0.494 e. The van der Waals surface area contributed by atoms with Gasteiger partial charge >= 0.3 is 0 Å². The third-order valence-electron chi connectivity index (χ3n) is 5.36. The van der Waals surface area contributed by atoms with Crippen LogP contribution in [0.15, 0.2) is 65.1 Å². The van der Waals surface area contributed by atoms with Crippen molar-refractivity contribution in [3.63, 3.8) is 0 Å². The van der Waals surface area contributed by atoms with Crippen LogP contribution in [0.2, 0.25) is 0 Å². The van der Waals surface area contributed by atoms with E-state index in [-0.39, 0.29) is 12.3 Å². The minimum Gasteiger partial charge on any atom is -0.494 e. The van der Waals surface area contributed by atoms with Gasteiger partial charge in [0, 0.05) is 17.5 Å². The molecule has 0 radical (unpaired) electrons. The molecule has 5 nitrogen and oxygen atoms in total. The molecule has 5 rings (SSSR count). The summed E-state index contributed by atoms with van der Waals surface area (Å²) in [6.45, 7) is 5.22. The highest BCUT2D eigenvalue weighted by atomic mass is 32.1. The van der Waals surface area contributed by atoms with E-state index in [1.54, 1.807) is 11.3 Å². The molecule has 0 bridgehead atoms. The summed E-state index contributed by atoms with van der Waals surface area (Å²) in [5.41, 5.74) is 3.26. The number of ether oxygens (including phenoxy) is 3. The highest BCUT2D eigenvalue weighted by Gasteiger charge is 2.42. The monoisotopic (exact) mass is 420 g/mol. The first-order valence-electron chi connectivity index (χ1n) is 10.3. The highest BCUT2D eigenvalue weighted by Crippen LogP contribution is 2.51. The van der Waals surface area contributed by atoms with Crippen LogP contribution in [0.5, 0.6) is 17.2 Å². The normalized spacial score (nSPS) is 19.5. The highest BCUT2D eigenvalue weighted by molar-refractivity contribution is 7.12. The quantitative estimate of drug-likeness (QED) is 0.506. The van der Waals surface area contributed by atoms with Gasteiger partial charge in [-0.3, -0.25) is 0 Å². The number of hydrogen-bond donors (Lipinski definition) is 0. The number of fused-ring (bicyclic) bond motifs is 3. The fraction of sp³-hybridized carbons (Fsp3) is 0.292. The summed E-state index contributed by atoms with van der Waals surface area (Å²) in [6.07, 6.45) is 0.525. The van der Waals surface area contributed by atoms with E-state index >= 15 is 0 Å². The topological polar surface area (TPSA) is 43.3 Å². The van der Waals surface area contributed by atoms with Crippen LogP contribution in [0.25, 0.3) is 0 Å². The number of hydrogen-bond acceptors (Lipinski definition) is 6. The first-order chi connectivity index (χ1) is 14.8. The lowest BCUT2D eigenvalue weighted by Gasteiger charge is -2.38. The van der Waals surface area contributed by atoms with Crippen molar-refractivity contribution in [1.29, 1.82) is 0 Å². The van der Waals surface area contributed by atoms with Gasteiger partial charge in [0.15, 0.2) is 11.5 Å². The van der Waals surface area contributed by atoms with Crippen LogP contribution in [0.3, 0.4) is 0 Å². The molecule has 0 unspecified atom stereocenters. The first-order valence-corrected chi connectivity index (χ1v) is 11.2. The third-order valence-corrected chi connectivity index (χ3v) is 6.28. The van der Waals surface area contributed by atoms with Crippen LogP contribution in [0.1, 0.15) is 48.5 Å². The molecule has 3 aromatic rings. The Bertz CT molecular complexity index is 1050. The number of para-hydroxylation sites is 1. The van der Waals surface area contributed by atoms with E-state index in [0.29, 0.717) is 13.2 Å². The second-order valence-corrected chi connectivity index (χ2v) is 8.15. The molecule has 154 valence electrons. The predicted molar refractivity (Wildman–Crippen MR) is 119 cm³/mol. The van der Waals surface area contributed by atoms with Crippen molar-refractivity contribution >= 4 is 17.0 Å². The van der Waals surface area contributed by atoms with Crippen LogP contribution >= 0.6 is 11.3 Å². The molecule has 0 N–H and O–H groups in total. The molecular weight excluding hydrogens is 396 g/mol. The van der Waals surface area contributed by atoms with E-state index < -0.39 is 0 Å². The van der Waals surface area contributed by atoms with Crippen molar-refractivity contribution in [1.82, 2.24) is 5.01 Å². The van der Waals surface area contributed by atoms with Crippen molar-refractivity contribution in [3.8, 4) is 17.2 Å². The molecule has 2 atom stereocenters. The SMILES string of the molecule is CCOc1ccc([C@H]2Oc3c(OCC)cccc3[C@H]3CC(c4cccs4)=NN32)cc1. The Kier molecular flexibility index (Phi) is 5.09. The fourth-order valence-corrected chi connectivity index (χ4v) is 4.78. The Morgan fingerprint density at radius 2 is 1.87 bits per heavy atom. The summed E-state index contributed by atoms with van der Waals surface area (Å²) in [5, 5.41) is 9.20. The smallest absolute Gasteiger partial charge is 0.214 e. The molecule has 2 aromatic carbocycles. The standard InChI is InChI=1S/C24H24N2O3S/c1-3-27-17-12-10-16(11-13-17)24-26-20(15-19(25-26)22-9-6-14-30-22)18-7-5-8-21(28-4-2)23(18)29-24/h5-14,20,24H,3-4,15H2,1-2H3/t20-,24-/m1/s1. The van der Waals surface area contributed by atoms with Crippen molar-refractivity contribution in [2.24, 2.45) is 5.10 Å². The predicted octanol–water partition coefficient (Wildman–Crippen LogP) is 5.79. The molecule has 0 aliphatic carbocycles. The Morgan fingerprint density at radius 3 is 2.60 bits per heavy atom. The van der Waals surface area contributed by atoms with E-state index in [1.165, 1.54) is 4.88 Å². The number of nitrogens with zero attached hydrogens (tertiary/aromatic N) is 2. The van der Waals surface area contributed by atoms with Crippen molar-refractivity contribution in [2.45, 2.75) is 32.5 Å². The third kappa shape index (κ3) is 3.31. The van der Waals surface area contributed by atoms with Gasteiger partial charge < -0.3 is 14.2 Å². The van der Waals surface area contributed by atoms with Gasteiger partial charge in [-0.2, -0.15) is 5.10 Å². The average molecular weight is 421 g/mol. The Morgan fingerprint density at radius 1 is 1.03 bits per heavy atom. The number of benzene rings is 2. The average Bonchev–Trinajstić information content (AvgIpc) is 3.45. The zero-order valence-electron chi connectivity index (χ0n) is 17.1. The summed E-state index contributed by atoms with van der Waals surface area (Å²) in [4.78, 5) is 1.21. The summed E-state index contributed by atoms with van der Waals surface area (Å²) in [5.74, 6) is 2.46. The molecule has 2 aliphatic rings. The van der Waals surface area contributed by atoms with E-state index in [2.05, 4.69) is 40.7 Å². The molecule has 0 fully saturated rings. The second-order valence-electron chi connectivity index (χ2n) is 7.20. The lowest BCUT2D eigenvalue weighted by atomic mass is 9.97.